The first-order chi connectivity index (χ1) is 12.5. The molecule has 0 spiro atoms. The molecule has 1 aromatic carbocycles. The molecule has 0 radical (unpaired) electrons. The molecule has 2 heterocycles. The van der Waals surface area contributed by atoms with Gasteiger partial charge in [-0.25, -0.2) is 0 Å². The summed E-state index contributed by atoms with van der Waals surface area (Å²) >= 11 is 0. The van der Waals surface area contributed by atoms with Crippen molar-refractivity contribution < 1.29 is 14.3 Å². The van der Waals surface area contributed by atoms with Crippen LogP contribution in [-0.2, 0) is 4.79 Å². The molecule has 2 aromatic rings. The summed E-state index contributed by atoms with van der Waals surface area (Å²) in [5, 5.41) is 6.20. The lowest BCUT2D eigenvalue weighted by molar-refractivity contribution is -0.123. The van der Waals surface area contributed by atoms with Gasteiger partial charge in [-0.3, -0.25) is 9.78 Å². The fraction of sp³-hybridized carbons (Fsp3) is 0.421. The fourth-order valence-corrected chi connectivity index (χ4v) is 2.72. The van der Waals surface area contributed by atoms with Gasteiger partial charge in [0.1, 0.15) is 11.6 Å². The van der Waals surface area contributed by atoms with Crippen LogP contribution in [0.15, 0.2) is 30.6 Å². The molecule has 138 valence electrons. The van der Waals surface area contributed by atoms with Crippen LogP contribution in [0.1, 0.15) is 45.7 Å². The number of nitrogens with zero attached hydrogens (tertiary/aromatic N) is 2. The number of carbonyl (C=O) groups excluding carboxylic acids is 1. The summed E-state index contributed by atoms with van der Waals surface area (Å²) in [4.78, 5) is 20.5. The third-order valence-corrected chi connectivity index (χ3v) is 4.03. The number of ether oxygens (including phenoxy) is 2. The van der Waals surface area contributed by atoms with Crippen LogP contribution in [0.5, 0.6) is 11.6 Å². The molecule has 0 saturated carbocycles. The molecule has 7 heteroatoms. The Labute approximate surface area is 153 Å². The van der Waals surface area contributed by atoms with Gasteiger partial charge in [0.15, 0.2) is 6.10 Å². The van der Waals surface area contributed by atoms with Crippen molar-refractivity contribution in [2.24, 2.45) is 0 Å². The minimum Gasteiger partial charge on any atom is -0.478 e. The Kier molecular flexibility index (Phi) is 5.25. The van der Waals surface area contributed by atoms with E-state index in [2.05, 4.69) is 20.6 Å². The van der Waals surface area contributed by atoms with Crippen molar-refractivity contribution >= 4 is 17.4 Å². The van der Waals surface area contributed by atoms with Crippen molar-refractivity contribution in [1.82, 2.24) is 9.97 Å². The summed E-state index contributed by atoms with van der Waals surface area (Å²) in [6.07, 6.45) is 3.47. The molecular formula is C19H24N4O3. The zero-order valence-electron chi connectivity index (χ0n) is 15.4. The number of aromatic nitrogens is 2. The van der Waals surface area contributed by atoms with E-state index in [1.54, 1.807) is 12.4 Å². The Bertz CT molecular complexity index is 794. The molecule has 2 unspecified atom stereocenters. The number of nitrogens with one attached hydrogen (secondary N) is 2. The molecule has 1 aromatic heterocycles. The van der Waals surface area contributed by atoms with E-state index in [4.69, 9.17) is 9.47 Å². The van der Waals surface area contributed by atoms with E-state index in [1.165, 1.54) is 0 Å². The highest BCUT2D eigenvalue weighted by molar-refractivity contribution is 5.97. The van der Waals surface area contributed by atoms with Crippen LogP contribution in [0.3, 0.4) is 0 Å². The molecule has 2 N–H and O–H groups in total. The Morgan fingerprint density at radius 2 is 2.12 bits per heavy atom. The highest BCUT2D eigenvalue weighted by Gasteiger charge is 2.26. The Morgan fingerprint density at radius 3 is 2.85 bits per heavy atom. The molecule has 1 aliphatic heterocycles. The number of anilines is 2. The minimum atomic E-state index is -0.447. The van der Waals surface area contributed by atoms with Gasteiger partial charge in [-0.05, 0) is 44.9 Å². The summed E-state index contributed by atoms with van der Waals surface area (Å²) in [6, 6.07) is 5.73. The SMILES string of the molecule is CCC1Oc2cc(C(C)Nc3cncc(OC(C)C)n3)ccc2NC1=O. The maximum Gasteiger partial charge on any atom is 0.265 e. The van der Waals surface area contributed by atoms with Crippen molar-refractivity contribution in [2.45, 2.75) is 52.4 Å². The lowest BCUT2D eigenvalue weighted by Crippen LogP contribution is -2.36. The van der Waals surface area contributed by atoms with Gasteiger partial charge >= 0.3 is 0 Å². The topological polar surface area (TPSA) is 85.4 Å². The largest absolute Gasteiger partial charge is 0.478 e. The van der Waals surface area contributed by atoms with E-state index < -0.39 is 6.10 Å². The summed E-state index contributed by atoms with van der Waals surface area (Å²) in [6.45, 7) is 7.84. The summed E-state index contributed by atoms with van der Waals surface area (Å²) in [5.74, 6) is 1.70. The zero-order valence-corrected chi connectivity index (χ0v) is 15.4. The van der Waals surface area contributed by atoms with Gasteiger partial charge in [0.25, 0.3) is 5.91 Å². The second-order valence-electron chi connectivity index (χ2n) is 6.53. The molecule has 0 bridgehead atoms. The van der Waals surface area contributed by atoms with E-state index in [1.807, 2.05) is 45.9 Å². The van der Waals surface area contributed by atoms with Crippen LogP contribution in [0.2, 0.25) is 0 Å². The molecule has 1 amide bonds. The van der Waals surface area contributed by atoms with Crippen LogP contribution >= 0.6 is 0 Å². The maximum atomic E-state index is 11.9. The number of benzene rings is 1. The van der Waals surface area contributed by atoms with Crippen molar-refractivity contribution in [3.05, 3.63) is 36.2 Å². The van der Waals surface area contributed by atoms with Crippen LogP contribution in [0.25, 0.3) is 0 Å². The fourth-order valence-electron chi connectivity index (χ4n) is 2.72. The lowest BCUT2D eigenvalue weighted by atomic mass is 10.1. The van der Waals surface area contributed by atoms with Crippen LogP contribution < -0.4 is 20.1 Å². The normalized spacial score (nSPS) is 17.1. The van der Waals surface area contributed by atoms with Gasteiger partial charge in [-0.1, -0.05) is 13.0 Å². The van der Waals surface area contributed by atoms with Crippen LogP contribution in [0.4, 0.5) is 11.5 Å². The van der Waals surface area contributed by atoms with Crippen LogP contribution in [-0.4, -0.2) is 28.1 Å². The van der Waals surface area contributed by atoms with Crippen LogP contribution in [0, 0.1) is 0 Å². The Morgan fingerprint density at radius 1 is 1.31 bits per heavy atom. The molecule has 0 aliphatic carbocycles. The van der Waals surface area contributed by atoms with E-state index in [-0.39, 0.29) is 18.1 Å². The van der Waals surface area contributed by atoms with Crippen molar-refractivity contribution in [2.75, 3.05) is 10.6 Å². The predicted molar refractivity (Wildman–Crippen MR) is 99.6 cm³/mol. The van der Waals surface area contributed by atoms with Gasteiger partial charge in [0.2, 0.25) is 5.88 Å². The second-order valence-corrected chi connectivity index (χ2v) is 6.53. The van der Waals surface area contributed by atoms with Gasteiger partial charge in [0.05, 0.1) is 30.2 Å². The molecule has 1 aliphatic rings. The average molecular weight is 356 g/mol. The van der Waals surface area contributed by atoms with Gasteiger partial charge in [0, 0.05) is 0 Å². The average Bonchev–Trinajstić information content (AvgIpc) is 2.60. The van der Waals surface area contributed by atoms with Gasteiger partial charge in [-0.2, -0.15) is 4.98 Å². The summed E-state index contributed by atoms with van der Waals surface area (Å²) < 4.78 is 11.4. The molecule has 3 rings (SSSR count). The van der Waals surface area contributed by atoms with Gasteiger partial charge in [-0.15, -0.1) is 0 Å². The molecule has 0 fully saturated rings. The number of rotatable bonds is 6. The number of hydrogen-bond acceptors (Lipinski definition) is 6. The highest BCUT2D eigenvalue weighted by Crippen LogP contribution is 2.33. The molecule has 7 nitrogen and oxygen atoms in total. The quantitative estimate of drug-likeness (QED) is 0.823. The number of carbonyl (C=O) groups is 1. The first kappa shape index (κ1) is 18.0. The monoisotopic (exact) mass is 356 g/mol. The summed E-state index contributed by atoms with van der Waals surface area (Å²) in [7, 11) is 0. The first-order valence-electron chi connectivity index (χ1n) is 8.83. The Balaban J connectivity index is 1.75. The standard InChI is InChI=1S/C19H24N4O3/c1-5-15-19(24)22-14-7-6-13(8-16(14)26-15)12(4)21-17-9-20-10-18(23-17)25-11(2)3/h6-12,15H,5H2,1-4H3,(H,21,23)(H,22,24). The number of amides is 1. The summed E-state index contributed by atoms with van der Waals surface area (Å²) in [5.41, 5.74) is 1.72. The molecule has 26 heavy (non-hydrogen) atoms. The smallest absolute Gasteiger partial charge is 0.265 e. The first-order valence-corrected chi connectivity index (χ1v) is 8.83. The van der Waals surface area contributed by atoms with E-state index >= 15 is 0 Å². The van der Waals surface area contributed by atoms with Crippen molar-refractivity contribution in [3.8, 4) is 11.6 Å². The van der Waals surface area contributed by atoms with E-state index in [0.717, 1.165) is 5.56 Å². The third-order valence-electron chi connectivity index (χ3n) is 4.03. The van der Waals surface area contributed by atoms with E-state index in [0.29, 0.717) is 29.6 Å². The second kappa shape index (κ2) is 7.59. The van der Waals surface area contributed by atoms with Crippen molar-refractivity contribution in [3.63, 3.8) is 0 Å². The number of fused-ring (bicyclic) bond motifs is 1. The maximum absolute atomic E-state index is 11.9. The molecular weight excluding hydrogens is 332 g/mol. The third kappa shape index (κ3) is 4.04. The van der Waals surface area contributed by atoms with Crippen molar-refractivity contribution in [1.29, 1.82) is 0 Å². The van der Waals surface area contributed by atoms with Gasteiger partial charge < -0.3 is 20.1 Å². The molecule has 2 atom stereocenters. The predicted octanol–water partition coefficient (Wildman–Crippen LogP) is 3.55. The lowest BCUT2D eigenvalue weighted by Gasteiger charge is -2.26. The highest BCUT2D eigenvalue weighted by atomic mass is 16.5. The Hall–Kier alpha value is -2.83. The van der Waals surface area contributed by atoms with E-state index in [9.17, 15) is 4.79 Å². The minimum absolute atomic E-state index is 0.0230. The zero-order chi connectivity index (χ0) is 18.7. The molecule has 0 saturated heterocycles. The number of hydrogen-bond donors (Lipinski definition) is 2.